The summed E-state index contributed by atoms with van der Waals surface area (Å²) >= 11 is 0. The van der Waals surface area contributed by atoms with Crippen LogP contribution >= 0.6 is 0 Å². The molecule has 1 aliphatic rings. The summed E-state index contributed by atoms with van der Waals surface area (Å²) in [4.78, 5) is 18.0. The lowest BCUT2D eigenvalue weighted by Gasteiger charge is -2.23. The van der Waals surface area contributed by atoms with E-state index in [9.17, 15) is 4.79 Å². The number of rotatable bonds is 9. The molecule has 5 rings (SSSR count). The van der Waals surface area contributed by atoms with E-state index in [1.807, 2.05) is 16.8 Å². The minimum atomic E-state index is 0.154. The molecule has 0 radical (unpaired) electrons. The molecule has 3 heterocycles. The van der Waals surface area contributed by atoms with Gasteiger partial charge in [0.15, 0.2) is 0 Å². The van der Waals surface area contributed by atoms with Gasteiger partial charge in [-0.15, -0.1) is 10.2 Å². The number of nitrogens with one attached hydrogen (secondary N) is 1. The Balaban J connectivity index is 1.45. The van der Waals surface area contributed by atoms with Crippen molar-refractivity contribution in [2.24, 2.45) is 0 Å². The van der Waals surface area contributed by atoms with Crippen molar-refractivity contribution >= 4 is 0 Å². The number of tetrazole rings is 1. The van der Waals surface area contributed by atoms with Crippen LogP contribution in [-0.2, 0) is 13.0 Å². The van der Waals surface area contributed by atoms with Gasteiger partial charge in [0.05, 0.1) is 6.54 Å². The van der Waals surface area contributed by atoms with E-state index in [0.29, 0.717) is 18.4 Å². The van der Waals surface area contributed by atoms with Crippen molar-refractivity contribution in [3.8, 4) is 22.5 Å². The van der Waals surface area contributed by atoms with Gasteiger partial charge in [-0.05, 0) is 55.0 Å². The van der Waals surface area contributed by atoms with Gasteiger partial charge in [-0.2, -0.15) is 5.21 Å². The topological polar surface area (TPSA) is 94.3 Å². The highest BCUT2D eigenvalue weighted by Gasteiger charge is 2.24. The van der Waals surface area contributed by atoms with Crippen LogP contribution in [0.4, 0.5) is 0 Å². The molecule has 0 unspecified atom stereocenters. The van der Waals surface area contributed by atoms with Crippen LogP contribution in [0.2, 0.25) is 0 Å². The Kier molecular flexibility index (Phi) is 7.39. The summed E-state index contributed by atoms with van der Waals surface area (Å²) in [5.41, 5.74) is 6.49. The first-order chi connectivity index (χ1) is 17.7. The molecule has 1 saturated carbocycles. The molecule has 1 fully saturated rings. The Bertz CT molecular complexity index is 1330. The van der Waals surface area contributed by atoms with Crippen LogP contribution in [0.25, 0.3) is 22.5 Å². The first-order valence-corrected chi connectivity index (χ1v) is 13.2. The first kappa shape index (κ1) is 24.2. The van der Waals surface area contributed by atoms with Crippen molar-refractivity contribution in [1.82, 2.24) is 34.7 Å². The van der Waals surface area contributed by atoms with E-state index in [1.165, 1.54) is 43.5 Å². The lowest BCUT2D eigenvalue weighted by molar-refractivity contribution is 0.340. The van der Waals surface area contributed by atoms with Gasteiger partial charge in [-0.25, -0.2) is 4.79 Å². The Labute approximate surface area is 211 Å². The van der Waals surface area contributed by atoms with E-state index in [0.717, 1.165) is 47.9 Å². The average molecular weight is 486 g/mol. The molecule has 1 aromatic carbocycles. The van der Waals surface area contributed by atoms with Crippen molar-refractivity contribution in [3.05, 3.63) is 70.2 Å². The standard InChI is InChI=1S/C28H35N7O/c1-3-4-6-11-26-20(2)35(23-9-7-5-8-10-23)28(36)34(26)19-21-12-14-22(15-13-21)25-18-29-17-16-24(25)27-30-32-33-31-27/h12-18,23H,3-11,19H2,1-2H3,(H,30,31,32,33). The van der Waals surface area contributed by atoms with Gasteiger partial charge in [-0.1, -0.05) is 63.3 Å². The Morgan fingerprint density at radius 1 is 1.03 bits per heavy atom. The highest BCUT2D eigenvalue weighted by Crippen LogP contribution is 2.31. The Morgan fingerprint density at radius 2 is 1.83 bits per heavy atom. The number of aromatic nitrogens is 7. The quantitative estimate of drug-likeness (QED) is 0.317. The normalized spacial score (nSPS) is 14.4. The number of H-pyrrole nitrogens is 1. The molecular weight excluding hydrogens is 450 g/mol. The molecule has 0 bridgehead atoms. The summed E-state index contributed by atoms with van der Waals surface area (Å²) in [6.45, 7) is 4.96. The molecule has 0 atom stereocenters. The monoisotopic (exact) mass is 485 g/mol. The maximum absolute atomic E-state index is 13.7. The fourth-order valence-corrected chi connectivity index (χ4v) is 5.58. The Morgan fingerprint density at radius 3 is 2.56 bits per heavy atom. The number of unbranched alkanes of at least 4 members (excludes halogenated alkanes) is 2. The molecule has 0 amide bonds. The zero-order chi connectivity index (χ0) is 24.9. The fraction of sp³-hybridized carbons (Fsp3) is 0.464. The molecule has 188 valence electrons. The van der Waals surface area contributed by atoms with E-state index in [-0.39, 0.29) is 5.69 Å². The second-order valence-corrected chi connectivity index (χ2v) is 9.87. The number of imidazole rings is 1. The van der Waals surface area contributed by atoms with Crippen LogP contribution in [0, 0.1) is 6.92 Å². The molecule has 1 N–H and O–H groups in total. The van der Waals surface area contributed by atoms with Crippen molar-refractivity contribution in [2.75, 3.05) is 0 Å². The predicted molar refractivity (Wildman–Crippen MR) is 141 cm³/mol. The van der Waals surface area contributed by atoms with Crippen LogP contribution in [0.5, 0.6) is 0 Å². The van der Waals surface area contributed by atoms with Crippen LogP contribution in [-0.4, -0.2) is 34.7 Å². The SMILES string of the molecule is CCCCCc1c(C)n(C2CCCCC2)c(=O)n1Cc1ccc(-c2cnccc2-c2nn[nH]n2)cc1. The van der Waals surface area contributed by atoms with E-state index < -0.39 is 0 Å². The number of benzene rings is 1. The molecule has 8 nitrogen and oxygen atoms in total. The zero-order valence-electron chi connectivity index (χ0n) is 21.3. The van der Waals surface area contributed by atoms with E-state index in [1.54, 1.807) is 6.20 Å². The molecule has 4 aromatic rings. The summed E-state index contributed by atoms with van der Waals surface area (Å²) in [6.07, 6.45) is 13.9. The number of aromatic amines is 1. The van der Waals surface area contributed by atoms with E-state index in [2.05, 4.69) is 68.3 Å². The lowest BCUT2D eigenvalue weighted by Crippen LogP contribution is -2.29. The van der Waals surface area contributed by atoms with Crippen LogP contribution < -0.4 is 5.69 Å². The van der Waals surface area contributed by atoms with Gasteiger partial charge in [0.1, 0.15) is 0 Å². The van der Waals surface area contributed by atoms with Crippen molar-refractivity contribution in [3.63, 3.8) is 0 Å². The molecule has 8 heteroatoms. The lowest BCUT2D eigenvalue weighted by atomic mass is 9.95. The molecule has 0 aliphatic heterocycles. The summed E-state index contributed by atoms with van der Waals surface area (Å²) < 4.78 is 4.14. The summed E-state index contributed by atoms with van der Waals surface area (Å²) in [5, 5.41) is 14.5. The minimum Gasteiger partial charge on any atom is -0.293 e. The van der Waals surface area contributed by atoms with E-state index in [4.69, 9.17) is 0 Å². The van der Waals surface area contributed by atoms with Crippen LogP contribution in [0.15, 0.2) is 47.5 Å². The maximum atomic E-state index is 13.7. The van der Waals surface area contributed by atoms with Gasteiger partial charge in [0, 0.05) is 41.0 Å². The number of nitrogens with zero attached hydrogens (tertiary/aromatic N) is 6. The molecule has 1 aliphatic carbocycles. The highest BCUT2D eigenvalue weighted by molar-refractivity contribution is 5.79. The zero-order valence-corrected chi connectivity index (χ0v) is 21.3. The van der Waals surface area contributed by atoms with Gasteiger partial charge < -0.3 is 0 Å². The van der Waals surface area contributed by atoms with Gasteiger partial charge in [-0.3, -0.25) is 14.1 Å². The van der Waals surface area contributed by atoms with Crippen molar-refractivity contribution in [1.29, 1.82) is 0 Å². The summed E-state index contributed by atoms with van der Waals surface area (Å²) in [6, 6.07) is 10.6. The third-order valence-corrected chi connectivity index (χ3v) is 7.51. The largest absolute Gasteiger partial charge is 0.329 e. The number of hydrogen-bond acceptors (Lipinski definition) is 5. The second-order valence-electron chi connectivity index (χ2n) is 9.87. The van der Waals surface area contributed by atoms with Gasteiger partial charge in [0.2, 0.25) is 5.82 Å². The first-order valence-electron chi connectivity index (χ1n) is 13.2. The van der Waals surface area contributed by atoms with E-state index >= 15 is 0 Å². The highest BCUT2D eigenvalue weighted by atomic mass is 16.1. The van der Waals surface area contributed by atoms with Crippen molar-refractivity contribution < 1.29 is 0 Å². The third kappa shape index (κ3) is 4.90. The number of pyridine rings is 1. The third-order valence-electron chi connectivity index (χ3n) is 7.51. The minimum absolute atomic E-state index is 0.154. The molecule has 3 aromatic heterocycles. The Hall–Kier alpha value is -3.55. The smallest absolute Gasteiger partial charge is 0.293 e. The molecule has 0 saturated heterocycles. The predicted octanol–water partition coefficient (Wildman–Crippen LogP) is 5.49. The maximum Gasteiger partial charge on any atom is 0.329 e. The summed E-state index contributed by atoms with van der Waals surface area (Å²) in [7, 11) is 0. The van der Waals surface area contributed by atoms with Crippen LogP contribution in [0.1, 0.15) is 81.3 Å². The number of hydrogen-bond donors (Lipinski definition) is 1. The fourth-order valence-electron chi connectivity index (χ4n) is 5.58. The molecular formula is C28H35N7O. The van der Waals surface area contributed by atoms with Gasteiger partial charge >= 0.3 is 5.69 Å². The molecule has 0 spiro atoms. The van der Waals surface area contributed by atoms with Gasteiger partial charge in [0.25, 0.3) is 0 Å². The second kappa shape index (κ2) is 11.0. The van der Waals surface area contributed by atoms with Crippen LogP contribution in [0.3, 0.4) is 0 Å². The molecule has 36 heavy (non-hydrogen) atoms. The average Bonchev–Trinajstić information content (AvgIpc) is 3.53. The van der Waals surface area contributed by atoms with Crippen molar-refractivity contribution in [2.45, 2.75) is 84.2 Å². The summed E-state index contributed by atoms with van der Waals surface area (Å²) in [5.74, 6) is 0.541.